The number of esters is 1. The van der Waals surface area contributed by atoms with Gasteiger partial charge in [-0.15, -0.1) is 0 Å². The molecule has 1 aliphatic rings. The number of halogens is 3. The summed E-state index contributed by atoms with van der Waals surface area (Å²) in [5.41, 5.74) is -1.88. The number of nitrogens with zero attached hydrogens (tertiary/aromatic N) is 3. The molecule has 1 fully saturated rings. The van der Waals surface area contributed by atoms with Crippen molar-refractivity contribution < 1.29 is 37.0 Å². The second-order valence-electron chi connectivity index (χ2n) is 9.45. The average molecular weight is 484 g/mol. The molecule has 2 aromatic rings. The Morgan fingerprint density at radius 3 is 2.65 bits per heavy atom. The van der Waals surface area contributed by atoms with E-state index in [0.29, 0.717) is 11.6 Å². The first-order valence-corrected chi connectivity index (χ1v) is 10.6. The summed E-state index contributed by atoms with van der Waals surface area (Å²) in [5, 5.41) is 13.4. The van der Waals surface area contributed by atoms with Crippen LogP contribution in [0.4, 0.5) is 19.0 Å². The number of ether oxygens (including phenoxy) is 1. The number of alkyl halides is 3. The second kappa shape index (κ2) is 9.24. The molecule has 0 spiro atoms. The lowest BCUT2D eigenvalue weighted by Crippen LogP contribution is -2.54. The van der Waals surface area contributed by atoms with Crippen molar-refractivity contribution in [3.05, 3.63) is 41.7 Å². The van der Waals surface area contributed by atoms with E-state index in [1.807, 2.05) is 20.8 Å². The Balaban J connectivity index is 1.93. The highest BCUT2D eigenvalue weighted by Gasteiger charge is 2.47. The molecular formula is C22H27F3N4O5. The van der Waals surface area contributed by atoms with Gasteiger partial charge in [0.05, 0.1) is 18.4 Å². The molecule has 3 heterocycles. The molecule has 0 aliphatic carbocycles. The zero-order valence-electron chi connectivity index (χ0n) is 19.3. The molecule has 9 nitrogen and oxygen atoms in total. The average Bonchev–Trinajstić information content (AvgIpc) is 3.23. The van der Waals surface area contributed by atoms with Crippen molar-refractivity contribution >= 4 is 17.7 Å². The molecule has 1 saturated heterocycles. The van der Waals surface area contributed by atoms with Gasteiger partial charge in [0.1, 0.15) is 23.0 Å². The van der Waals surface area contributed by atoms with Gasteiger partial charge in [-0.3, -0.25) is 4.79 Å². The maximum atomic E-state index is 13.4. The Kier molecular flexibility index (Phi) is 6.92. The smallest absolute Gasteiger partial charge is 0.467 e. The minimum Gasteiger partial charge on any atom is -0.467 e. The summed E-state index contributed by atoms with van der Waals surface area (Å²) in [5.74, 6) is -2.02. The van der Waals surface area contributed by atoms with Gasteiger partial charge in [-0.2, -0.15) is 13.2 Å². The number of hydrogen-bond acceptors (Lipinski definition) is 8. The van der Waals surface area contributed by atoms with Crippen molar-refractivity contribution in [2.24, 2.45) is 0 Å². The Morgan fingerprint density at radius 2 is 2.06 bits per heavy atom. The van der Waals surface area contributed by atoms with E-state index < -0.39 is 35.3 Å². The molecular weight excluding hydrogens is 457 g/mol. The number of rotatable bonds is 5. The molecule has 34 heavy (non-hydrogen) atoms. The highest BCUT2D eigenvalue weighted by atomic mass is 19.4. The molecule has 0 radical (unpaired) electrons. The van der Waals surface area contributed by atoms with E-state index in [4.69, 9.17) is 4.42 Å². The number of hydrogen-bond donors (Lipinski definition) is 2. The minimum atomic E-state index is -5.24. The molecule has 1 aliphatic heterocycles. The number of amides is 1. The SMILES string of the molecule is CC1(O)CCN(C(=O)c2cnc(C(C)(C)C)nc2NCc2ccco2)C(OC(=O)C(F)(F)F)C1. The van der Waals surface area contributed by atoms with Crippen LogP contribution in [0.15, 0.2) is 29.0 Å². The predicted molar refractivity (Wildman–Crippen MR) is 114 cm³/mol. The van der Waals surface area contributed by atoms with Crippen molar-refractivity contribution in [3.8, 4) is 0 Å². The number of piperidine rings is 1. The molecule has 1 amide bonds. The van der Waals surface area contributed by atoms with Crippen LogP contribution in [0.25, 0.3) is 0 Å². The fourth-order valence-electron chi connectivity index (χ4n) is 3.39. The van der Waals surface area contributed by atoms with E-state index in [-0.39, 0.29) is 37.3 Å². The number of aromatic nitrogens is 2. The van der Waals surface area contributed by atoms with Crippen LogP contribution in [0.2, 0.25) is 0 Å². The molecule has 2 aromatic heterocycles. The van der Waals surface area contributed by atoms with Crippen LogP contribution in [0.5, 0.6) is 0 Å². The van der Waals surface area contributed by atoms with Crippen molar-refractivity contribution in [1.82, 2.24) is 14.9 Å². The zero-order valence-corrected chi connectivity index (χ0v) is 19.3. The van der Waals surface area contributed by atoms with Crippen molar-refractivity contribution in [3.63, 3.8) is 0 Å². The van der Waals surface area contributed by atoms with Crippen molar-refractivity contribution in [2.45, 2.75) is 70.5 Å². The predicted octanol–water partition coefficient (Wildman–Crippen LogP) is 3.40. The monoisotopic (exact) mass is 484 g/mol. The van der Waals surface area contributed by atoms with Gasteiger partial charge >= 0.3 is 12.1 Å². The molecule has 12 heteroatoms. The maximum Gasteiger partial charge on any atom is 0.491 e. The first kappa shape index (κ1) is 25.5. The fraction of sp³-hybridized carbons (Fsp3) is 0.545. The number of carbonyl (C=O) groups excluding carboxylic acids is 2. The van der Waals surface area contributed by atoms with E-state index in [1.165, 1.54) is 19.4 Å². The first-order chi connectivity index (χ1) is 15.7. The third kappa shape index (κ3) is 6.04. The quantitative estimate of drug-likeness (QED) is 0.620. The third-order valence-corrected chi connectivity index (χ3v) is 5.29. The number of carbonyl (C=O) groups is 2. The zero-order chi connectivity index (χ0) is 25.3. The highest BCUT2D eigenvalue weighted by Crippen LogP contribution is 2.31. The Bertz CT molecular complexity index is 1030. The number of likely N-dealkylation sites (tertiary alicyclic amines) is 1. The Labute approximate surface area is 194 Å². The van der Waals surface area contributed by atoms with Crippen molar-refractivity contribution in [1.29, 1.82) is 0 Å². The van der Waals surface area contributed by atoms with Crippen LogP contribution in [0.1, 0.15) is 62.5 Å². The normalized spacial score (nSPS) is 21.3. The standard InChI is InChI=1S/C22H27F3N4O5/c1-20(2,3)18-27-12-14(16(28-18)26-11-13-6-5-9-33-13)17(30)29-8-7-21(4,32)10-15(29)34-19(31)22(23,24)25/h5-6,9,12,15,32H,7-8,10-11H2,1-4H3,(H,26,27,28). The Morgan fingerprint density at radius 1 is 1.35 bits per heavy atom. The van der Waals surface area contributed by atoms with Gasteiger partial charge in [0.2, 0.25) is 0 Å². The van der Waals surface area contributed by atoms with Crippen LogP contribution in [0.3, 0.4) is 0 Å². The molecule has 0 saturated carbocycles. The summed E-state index contributed by atoms with van der Waals surface area (Å²) in [7, 11) is 0. The van der Waals surface area contributed by atoms with Gasteiger partial charge < -0.3 is 24.5 Å². The van der Waals surface area contributed by atoms with Gasteiger partial charge in [-0.25, -0.2) is 14.8 Å². The molecule has 2 unspecified atom stereocenters. The number of nitrogens with one attached hydrogen (secondary N) is 1. The largest absolute Gasteiger partial charge is 0.491 e. The topological polar surface area (TPSA) is 118 Å². The summed E-state index contributed by atoms with van der Waals surface area (Å²) < 4.78 is 48.4. The van der Waals surface area contributed by atoms with E-state index in [0.717, 1.165) is 4.90 Å². The molecule has 0 aromatic carbocycles. The highest BCUT2D eigenvalue weighted by molar-refractivity contribution is 5.98. The fourth-order valence-corrected chi connectivity index (χ4v) is 3.39. The van der Waals surface area contributed by atoms with Gasteiger partial charge in [0, 0.05) is 24.6 Å². The summed E-state index contributed by atoms with van der Waals surface area (Å²) >= 11 is 0. The van der Waals surface area contributed by atoms with Gasteiger partial charge in [0.15, 0.2) is 6.23 Å². The first-order valence-electron chi connectivity index (χ1n) is 10.6. The van der Waals surface area contributed by atoms with Crippen LogP contribution in [0, 0.1) is 0 Å². The maximum absolute atomic E-state index is 13.4. The lowest BCUT2D eigenvalue weighted by atomic mass is 9.92. The van der Waals surface area contributed by atoms with E-state index >= 15 is 0 Å². The molecule has 186 valence electrons. The molecule has 2 N–H and O–H groups in total. The lowest BCUT2D eigenvalue weighted by Gasteiger charge is -2.41. The molecule has 3 rings (SSSR count). The van der Waals surface area contributed by atoms with Gasteiger partial charge in [-0.1, -0.05) is 20.8 Å². The van der Waals surface area contributed by atoms with Gasteiger partial charge in [-0.05, 0) is 25.5 Å². The van der Waals surface area contributed by atoms with Crippen LogP contribution >= 0.6 is 0 Å². The van der Waals surface area contributed by atoms with Crippen LogP contribution in [-0.2, 0) is 21.5 Å². The van der Waals surface area contributed by atoms with Crippen molar-refractivity contribution in [2.75, 3.05) is 11.9 Å². The Hall–Kier alpha value is -3.15. The summed E-state index contributed by atoms with van der Waals surface area (Å²) in [4.78, 5) is 34.6. The van der Waals surface area contributed by atoms with Gasteiger partial charge in [0.25, 0.3) is 5.91 Å². The summed E-state index contributed by atoms with van der Waals surface area (Å²) in [6.07, 6.45) is -4.39. The third-order valence-electron chi connectivity index (χ3n) is 5.29. The summed E-state index contributed by atoms with van der Waals surface area (Å²) in [6.45, 7) is 7.12. The number of furan rings is 1. The molecule has 0 bridgehead atoms. The van der Waals surface area contributed by atoms with E-state index in [9.17, 15) is 27.9 Å². The molecule has 2 atom stereocenters. The number of aliphatic hydroxyl groups is 1. The van der Waals surface area contributed by atoms with E-state index in [2.05, 4.69) is 20.0 Å². The van der Waals surface area contributed by atoms with Crippen LogP contribution in [-0.4, -0.2) is 56.4 Å². The van der Waals surface area contributed by atoms with E-state index in [1.54, 1.807) is 12.1 Å². The lowest BCUT2D eigenvalue weighted by molar-refractivity contribution is -0.217. The second-order valence-corrected chi connectivity index (χ2v) is 9.45. The minimum absolute atomic E-state index is 0.0193. The number of anilines is 1. The van der Waals surface area contributed by atoms with Crippen LogP contribution < -0.4 is 5.32 Å². The summed E-state index contributed by atoms with van der Waals surface area (Å²) in [6, 6.07) is 3.42.